The molecule has 2 atom stereocenters. The van der Waals surface area contributed by atoms with Gasteiger partial charge in [-0.25, -0.2) is 0 Å². The summed E-state index contributed by atoms with van der Waals surface area (Å²) in [4.78, 5) is 8.98. The zero-order valence-electron chi connectivity index (χ0n) is 19.0. The molecular formula is C25H34N2P2Si. The van der Waals surface area contributed by atoms with Gasteiger partial charge in [0.2, 0.25) is 0 Å². The van der Waals surface area contributed by atoms with E-state index in [4.69, 9.17) is 0 Å². The third-order valence-electron chi connectivity index (χ3n) is 5.70. The average molecular weight is 453 g/mol. The van der Waals surface area contributed by atoms with Crippen LogP contribution in [-0.2, 0) is 16.7 Å². The van der Waals surface area contributed by atoms with Crippen molar-refractivity contribution in [3.05, 3.63) is 89.0 Å². The molecule has 0 N–H and O–H groups in total. The summed E-state index contributed by atoms with van der Waals surface area (Å²) in [6.45, 7) is 14.4. The minimum atomic E-state index is -1.58. The van der Waals surface area contributed by atoms with Gasteiger partial charge < -0.3 is 0 Å². The first-order valence-corrected chi connectivity index (χ1v) is 15.4. The summed E-state index contributed by atoms with van der Waals surface area (Å²) in [6, 6.07) is 13.2. The van der Waals surface area contributed by atoms with Crippen LogP contribution in [0.15, 0.2) is 61.2 Å². The molecule has 0 spiro atoms. The third-order valence-corrected chi connectivity index (χ3v) is 9.13. The smallest absolute Gasteiger partial charge is 0.0779 e. The summed E-state index contributed by atoms with van der Waals surface area (Å²) in [5, 5.41) is 1.11. The summed E-state index contributed by atoms with van der Waals surface area (Å²) < 4.78 is 0. The fourth-order valence-electron chi connectivity index (χ4n) is 4.32. The Hall–Kier alpha value is -1.40. The summed E-state index contributed by atoms with van der Waals surface area (Å²) in [6.07, 6.45) is 8.59. The second-order valence-electron chi connectivity index (χ2n) is 10.0. The van der Waals surface area contributed by atoms with Crippen LogP contribution in [0, 0.1) is 0 Å². The van der Waals surface area contributed by atoms with Crippen molar-refractivity contribution >= 4 is 31.7 Å². The van der Waals surface area contributed by atoms with Crippen LogP contribution in [0.25, 0.3) is 0 Å². The minimum Gasteiger partial charge on any atom is -0.264 e. The van der Waals surface area contributed by atoms with Gasteiger partial charge in [0.1, 0.15) is 0 Å². The number of nitrogens with zero attached hydrogens (tertiary/aromatic N) is 2. The molecule has 0 saturated carbocycles. The van der Waals surface area contributed by atoms with Gasteiger partial charge >= 0.3 is 0 Å². The van der Waals surface area contributed by atoms with Crippen molar-refractivity contribution in [2.45, 2.75) is 57.1 Å². The lowest BCUT2D eigenvalue weighted by atomic mass is 9.74. The maximum absolute atomic E-state index is 4.49. The number of benzene rings is 1. The maximum atomic E-state index is 4.49. The summed E-state index contributed by atoms with van der Waals surface area (Å²) in [5.74, 6) is 0. The predicted octanol–water partition coefficient (Wildman–Crippen LogP) is 5.86. The Bertz CT molecular complexity index is 968. The average Bonchev–Trinajstić information content (AvgIpc) is 2.72. The Kier molecular flexibility index (Phi) is 6.68. The van der Waals surface area contributed by atoms with E-state index in [1.165, 1.54) is 33.0 Å². The van der Waals surface area contributed by atoms with Crippen molar-refractivity contribution in [3.8, 4) is 0 Å². The Balaban J connectivity index is 2.54. The normalized spacial score (nSPS) is 12.8. The van der Waals surface area contributed by atoms with Crippen molar-refractivity contribution in [2.75, 3.05) is 0 Å². The van der Waals surface area contributed by atoms with E-state index in [1.807, 2.05) is 36.9 Å². The Morgan fingerprint density at radius 3 is 1.73 bits per heavy atom. The zero-order valence-corrected chi connectivity index (χ0v) is 22.3. The van der Waals surface area contributed by atoms with Crippen molar-refractivity contribution in [1.82, 2.24) is 9.97 Å². The highest BCUT2D eigenvalue weighted by molar-refractivity contribution is 7.19. The van der Waals surface area contributed by atoms with Gasteiger partial charge in [0.05, 0.1) is 13.2 Å². The molecule has 0 aliphatic rings. The first kappa shape index (κ1) is 23.3. The van der Waals surface area contributed by atoms with Crippen LogP contribution in [-0.4, -0.2) is 18.0 Å². The molecule has 0 aliphatic carbocycles. The van der Waals surface area contributed by atoms with E-state index in [-0.39, 0.29) is 5.41 Å². The number of pyridine rings is 2. The van der Waals surface area contributed by atoms with Crippen molar-refractivity contribution in [3.63, 3.8) is 0 Å². The molecule has 2 heterocycles. The molecule has 30 heavy (non-hydrogen) atoms. The van der Waals surface area contributed by atoms with Crippen LogP contribution >= 0.6 is 18.5 Å². The third kappa shape index (κ3) is 4.31. The fourth-order valence-corrected chi connectivity index (χ4v) is 7.16. The zero-order chi connectivity index (χ0) is 22.2. The van der Waals surface area contributed by atoms with Crippen LogP contribution in [0.2, 0.25) is 19.6 Å². The molecule has 3 rings (SSSR count). The van der Waals surface area contributed by atoms with E-state index < -0.39 is 13.2 Å². The van der Waals surface area contributed by atoms with Gasteiger partial charge in [-0.2, -0.15) is 0 Å². The van der Waals surface area contributed by atoms with Crippen molar-refractivity contribution < 1.29 is 0 Å². The van der Waals surface area contributed by atoms with E-state index in [0.29, 0.717) is 0 Å². The van der Waals surface area contributed by atoms with E-state index in [0.717, 1.165) is 6.16 Å². The van der Waals surface area contributed by atoms with E-state index >= 15 is 0 Å². The summed E-state index contributed by atoms with van der Waals surface area (Å²) in [7, 11) is 4.56. The second-order valence-corrected chi connectivity index (χ2v) is 16.3. The SMILES string of the molecule is CC(C)(C)c1c([Si](C)(C)C)ccc(CP)c1C(P)(c1cccnc1)c1cccnc1. The molecule has 2 unspecified atom stereocenters. The lowest BCUT2D eigenvalue weighted by Gasteiger charge is -2.41. The molecule has 0 saturated heterocycles. The molecule has 158 valence electrons. The highest BCUT2D eigenvalue weighted by Gasteiger charge is 2.40. The highest BCUT2D eigenvalue weighted by atomic mass is 31.0. The molecule has 0 amide bonds. The first-order valence-electron chi connectivity index (χ1n) is 10.5. The Labute approximate surface area is 187 Å². The van der Waals surface area contributed by atoms with Gasteiger partial charge in [0.15, 0.2) is 0 Å². The molecular weight excluding hydrogens is 418 g/mol. The first-order chi connectivity index (χ1) is 14.0. The monoisotopic (exact) mass is 452 g/mol. The van der Waals surface area contributed by atoms with E-state index in [1.54, 1.807) is 0 Å². The van der Waals surface area contributed by atoms with Gasteiger partial charge in [-0.3, -0.25) is 9.97 Å². The molecule has 2 nitrogen and oxygen atoms in total. The maximum Gasteiger partial charge on any atom is 0.0779 e. The largest absolute Gasteiger partial charge is 0.264 e. The number of hydrogen-bond acceptors (Lipinski definition) is 2. The van der Waals surface area contributed by atoms with Crippen LogP contribution in [0.5, 0.6) is 0 Å². The van der Waals surface area contributed by atoms with Gasteiger partial charge in [-0.15, -0.1) is 18.5 Å². The van der Waals surface area contributed by atoms with Crippen LogP contribution in [0.4, 0.5) is 0 Å². The number of rotatable bonds is 5. The predicted molar refractivity (Wildman–Crippen MR) is 140 cm³/mol. The van der Waals surface area contributed by atoms with E-state index in [9.17, 15) is 0 Å². The molecule has 0 bridgehead atoms. The lowest BCUT2D eigenvalue weighted by molar-refractivity contribution is 0.580. The molecule has 0 fully saturated rings. The molecule has 5 heteroatoms. The topological polar surface area (TPSA) is 25.8 Å². The fraction of sp³-hybridized carbons (Fsp3) is 0.360. The van der Waals surface area contributed by atoms with Crippen LogP contribution < -0.4 is 5.19 Å². The van der Waals surface area contributed by atoms with Crippen molar-refractivity contribution in [2.24, 2.45) is 0 Å². The van der Waals surface area contributed by atoms with Gasteiger partial charge in [0, 0.05) is 24.8 Å². The minimum absolute atomic E-state index is 0.00698. The number of hydrogen-bond donors (Lipinski definition) is 0. The van der Waals surface area contributed by atoms with E-state index in [2.05, 4.69) is 93.1 Å². The van der Waals surface area contributed by atoms with Crippen molar-refractivity contribution in [1.29, 1.82) is 0 Å². The van der Waals surface area contributed by atoms with Crippen LogP contribution in [0.3, 0.4) is 0 Å². The molecule has 0 radical (unpaired) electrons. The number of aromatic nitrogens is 2. The highest BCUT2D eigenvalue weighted by Crippen LogP contribution is 2.49. The van der Waals surface area contributed by atoms with Gasteiger partial charge in [-0.05, 0) is 51.5 Å². The molecule has 0 aliphatic heterocycles. The van der Waals surface area contributed by atoms with Crippen LogP contribution in [0.1, 0.15) is 48.6 Å². The molecule has 1 aromatic carbocycles. The van der Waals surface area contributed by atoms with Gasteiger partial charge in [0.25, 0.3) is 0 Å². The Morgan fingerprint density at radius 1 is 0.833 bits per heavy atom. The second kappa shape index (κ2) is 8.62. The summed E-state index contributed by atoms with van der Waals surface area (Å²) >= 11 is 0. The van der Waals surface area contributed by atoms with Gasteiger partial charge in [-0.1, -0.05) is 69.9 Å². The standard InChI is InChI=1S/C25H34N2P2Si/c1-24(2,3)23-21(30(4,5)6)12-11-18(17-28)22(23)25(29,19-9-7-13-26-15-19)20-10-8-14-27-16-20/h7-16H,17,28-29H2,1-6H3. The quantitative estimate of drug-likeness (QED) is 0.358. The summed E-state index contributed by atoms with van der Waals surface area (Å²) in [5.41, 5.74) is 6.56. The molecule has 3 aromatic rings. The lowest BCUT2D eigenvalue weighted by Crippen LogP contribution is -2.45. The Morgan fingerprint density at radius 2 is 1.37 bits per heavy atom. The molecule has 2 aromatic heterocycles.